The molecule has 1 aromatic carbocycles. The van der Waals surface area contributed by atoms with Gasteiger partial charge in [-0.15, -0.1) is 0 Å². The Kier molecular flexibility index (Phi) is 8.01. The van der Waals surface area contributed by atoms with Gasteiger partial charge in [0.1, 0.15) is 23.9 Å². The van der Waals surface area contributed by atoms with Gasteiger partial charge in [0.2, 0.25) is 5.91 Å². The highest BCUT2D eigenvalue weighted by Crippen LogP contribution is 2.34. The molecule has 2 atom stereocenters. The van der Waals surface area contributed by atoms with Crippen LogP contribution < -0.4 is 0 Å². The van der Waals surface area contributed by atoms with Gasteiger partial charge in [0.15, 0.2) is 0 Å². The van der Waals surface area contributed by atoms with Crippen LogP contribution in [0.1, 0.15) is 23.0 Å². The van der Waals surface area contributed by atoms with Gasteiger partial charge in [-0.25, -0.2) is 4.39 Å². The smallest absolute Gasteiger partial charge is 0.248 e. The van der Waals surface area contributed by atoms with Crippen LogP contribution in [-0.4, -0.2) is 69.3 Å². The number of carbonyl (C=O) groups excluding carboxylic acids is 1. The first-order valence-corrected chi connectivity index (χ1v) is 10.3. The van der Waals surface area contributed by atoms with Crippen LogP contribution in [0.15, 0.2) is 40.8 Å². The number of benzene rings is 1. The lowest BCUT2D eigenvalue weighted by molar-refractivity contribution is -0.136. The van der Waals surface area contributed by atoms with Crippen molar-refractivity contribution < 1.29 is 23.1 Å². The SMILES string of the molecule is COCCN(C[C@H]1CN(Cc2ccc(C)o2)C[C@H]1c1cccc(F)c1)C(=O)COC. The largest absolute Gasteiger partial charge is 0.465 e. The van der Waals surface area contributed by atoms with Crippen molar-refractivity contribution in [3.05, 3.63) is 59.3 Å². The Labute approximate surface area is 177 Å². The number of nitrogens with zero attached hydrogens (tertiary/aromatic N) is 2. The summed E-state index contributed by atoms with van der Waals surface area (Å²) in [4.78, 5) is 16.7. The predicted octanol–water partition coefficient (Wildman–Crippen LogP) is 3.06. The molecule has 0 radical (unpaired) electrons. The molecule has 164 valence electrons. The summed E-state index contributed by atoms with van der Waals surface area (Å²) in [6.45, 7) is 5.78. The summed E-state index contributed by atoms with van der Waals surface area (Å²) in [5.41, 5.74) is 0.962. The van der Waals surface area contributed by atoms with Crippen LogP contribution in [0.2, 0.25) is 0 Å². The molecule has 1 aliphatic rings. The van der Waals surface area contributed by atoms with E-state index in [0.717, 1.165) is 30.2 Å². The molecule has 2 aromatic rings. The number of ether oxygens (including phenoxy) is 2. The summed E-state index contributed by atoms with van der Waals surface area (Å²) < 4.78 is 29.9. The van der Waals surface area contributed by atoms with Crippen LogP contribution in [0.3, 0.4) is 0 Å². The van der Waals surface area contributed by atoms with Gasteiger partial charge in [-0.3, -0.25) is 9.69 Å². The normalized spacial score (nSPS) is 19.3. The Morgan fingerprint density at radius 1 is 1.23 bits per heavy atom. The monoisotopic (exact) mass is 418 g/mol. The van der Waals surface area contributed by atoms with Crippen molar-refractivity contribution in [2.24, 2.45) is 5.92 Å². The van der Waals surface area contributed by atoms with Crippen LogP contribution in [0, 0.1) is 18.7 Å². The maximum Gasteiger partial charge on any atom is 0.248 e. The molecule has 1 saturated heterocycles. The molecule has 1 aliphatic heterocycles. The quantitative estimate of drug-likeness (QED) is 0.594. The Morgan fingerprint density at radius 2 is 2.07 bits per heavy atom. The van der Waals surface area contributed by atoms with Crippen LogP contribution in [0.25, 0.3) is 0 Å². The van der Waals surface area contributed by atoms with Crippen LogP contribution in [0.4, 0.5) is 4.39 Å². The number of likely N-dealkylation sites (tertiary alicyclic amines) is 1. The third kappa shape index (κ3) is 5.90. The Balaban J connectivity index is 1.78. The molecule has 7 heteroatoms. The van der Waals surface area contributed by atoms with Gasteiger partial charge in [-0.05, 0) is 42.7 Å². The molecule has 0 N–H and O–H groups in total. The first-order valence-electron chi connectivity index (χ1n) is 10.3. The second-order valence-corrected chi connectivity index (χ2v) is 7.89. The van der Waals surface area contributed by atoms with Crippen LogP contribution in [0.5, 0.6) is 0 Å². The Morgan fingerprint density at radius 3 is 2.73 bits per heavy atom. The van der Waals surface area contributed by atoms with E-state index in [9.17, 15) is 9.18 Å². The summed E-state index contributed by atoms with van der Waals surface area (Å²) in [6, 6.07) is 10.7. The summed E-state index contributed by atoms with van der Waals surface area (Å²) in [5.74, 6) is 1.79. The molecular weight excluding hydrogens is 387 g/mol. The summed E-state index contributed by atoms with van der Waals surface area (Å²) in [7, 11) is 3.14. The van der Waals surface area contributed by atoms with Gasteiger partial charge in [0, 0.05) is 46.3 Å². The number of halogens is 1. The standard InChI is InChI=1S/C23H31FN2O4/c1-17-7-8-21(30-17)14-25-12-19(13-26(9-10-28-2)23(27)16-29-3)22(15-25)18-5-4-6-20(24)11-18/h4-8,11,19,22H,9-10,12-16H2,1-3H3/t19-,22+/m1/s1. The number of furan rings is 1. The lowest BCUT2D eigenvalue weighted by Crippen LogP contribution is -2.41. The van der Waals surface area contributed by atoms with Crippen LogP contribution >= 0.6 is 0 Å². The summed E-state index contributed by atoms with van der Waals surface area (Å²) in [6.07, 6.45) is 0. The van der Waals surface area contributed by atoms with Crippen molar-refractivity contribution in [1.82, 2.24) is 9.80 Å². The molecule has 3 rings (SSSR count). The number of carbonyl (C=O) groups is 1. The number of rotatable bonds is 10. The molecule has 0 saturated carbocycles. The van der Waals surface area contributed by atoms with Crippen molar-refractivity contribution in [3.8, 4) is 0 Å². The maximum atomic E-state index is 13.9. The van der Waals surface area contributed by atoms with E-state index in [2.05, 4.69) is 4.90 Å². The first kappa shape index (κ1) is 22.5. The van der Waals surface area contributed by atoms with E-state index in [1.54, 1.807) is 24.1 Å². The second kappa shape index (κ2) is 10.7. The van der Waals surface area contributed by atoms with E-state index in [1.165, 1.54) is 13.2 Å². The van der Waals surface area contributed by atoms with Gasteiger partial charge < -0.3 is 18.8 Å². The fourth-order valence-corrected chi connectivity index (χ4v) is 4.20. The van der Waals surface area contributed by atoms with Gasteiger partial charge in [0.25, 0.3) is 0 Å². The number of hydrogen-bond acceptors (Lipinski definition) is 5. The summed E-state index contributed by atoms with van der Waals surface area (Å²) in [5, 5.41) is 0. The molecule has 6 nitrogen and oxygen atoms in total. The van der Waals surface area contributed by atoms with E-state index in [4.69, 9.17) is 13.9 Å². The average Bonchev–Trinajstić information content (AvgIpc) is 3.31. The van der Waals surface area contributed by atoms with Crippen molar-refractivity contribution in [1.29, 1.82) is 0 Å². The lowest BCUT2D eigenvalue weighted by atomic mass is 9.88. The highest BCUT2D eigenvalue weighted by Gasteiger charge is 2.36. The Bertz CT molecular complexity index is 825. The molecule has 1 fully saturated rings. The minimum Gasteiger partial charge on any atom is -0.465 e. The van der Waals surface area contributed by atoms with E-state index >= 15 is 0 Å². The number of amides is 1. The highest BCUT2D eigenvalue weighted by atomic mass is 19.1. The first-order chi connectivity index (χ1) is 14.5. The van der Waals surface area contributed by atoms with Crippen molar-refractivity contribution in [2.75, 3.05) is 53.6 Å². The topological polar surface area (TPSA) is 55.2 Å². The van der Waals surface area contributed by atoms with Gasteiger partial charge in [0.05, 0.1) is 13.2 Å². The molecule has 0 spiro atoms. The van der Waals surface area contributed by atoms with E-state index in [0.29, 0.717) is 26.2 Å². The molecule has 0 bridgehead atoms. The number of aryl methyl sites for hydroxylation is 1. The van der Waals surface area contributed by atoms with Gasteiger partial charge in [-0.2, -0.15) is 0 Å². The molecular formula is C23H31FN2O4. The zero-order chi connectivity index (χ0) is 21.5. The predicted molar refractivity (Wildman–Crippen MR) is 112 cm³/mol. The fourth-order valence-electron chi connectivity index (χ4n) is 4.20. The fraction of sp³-hybridized carbons (Fsp3) is 0.522. The zero-order valence-corrected chi connectivity index (χ0v) is 18.0. The minimum absolute atomic E-state index is 0.0381. The lowest BCUT2D eigenvalue weighted by Gasteiger charge is -2.28. The van der Waals surface area contributed by atoms with Crippen molar-refractivity contribution in [3.63, 3.8) is 0 Å². The molecule has 0 unspecified atom stereocenters. The molecule has 30 heavy (non-hydrogen) atoms. The van der Waals surface area contributed by atoms with Gasteiger partial charge >= 0.3 is 0 Å². The minimum atomic E-state index is -0.238. The molecule has 0 aliphatic carbocycles. The summed E-state index contributed by atoms with van der Waals surface area (Å²) >= 11 is 0. The van der Waals surface area contributed by atoms with E-state index < -0.39 is 0 Å². The number of hydrogen-bond donors (Lipinski definition) is 0. The molecule has 1 amide bonds. The van der Waals surface area contributed by atoms with E-state index in [1.807, 2.05) is 25.1 Å². The van der Waals surface area contributed by atoms with E-state index in [-0.39, 0.29) is 30.2 Å². The number of methoxy groups -OCH3 is 2. The van der Waals surface area contributed by atoms with Crippen molar-refractivity contribution >= 4 is 5.91 Å². The third-order valence-corrected chi connectivity index (χ3v) is 5.61. The molecule has 2 heterocycles. The second-order valence-electron chi connectivity index (χ2n) is 7.89. The maximum absolute atomic E-state index is 13.9. The van der Waals surface area contributed by atoms with Crippen molar-refractivity contribution in [2.45, 2.75) is 19.4 Å². The third-order valence-electron chi connectivity index (χ3n) is 5.61. The zero-order valence-electron chi connectivity index (χ0n) is 18.0. The highest BCUT2D eigenvalue weighted by molar-refractivity contribution is 5.77. The van der Waals surface area contributed by atoms with Gasteiger partial charge in [-0.1, -0.05) is 12.1 Å². The van der Waals surface area contributed by atoms with Crippen LogP contribution in [-0.2, 0) is 20.8 Å². The Hall–Kier alpha value is -2.22. The molecule has 1 aromatic heterocycles. The average molecular weight is 419 g/mol.